The fourth-order valence-corrected chi connectivity index (χ4v) is 5.38. The van der Waals surface area contributed by atoms with Crippen molar-refractivity contribution in [1.82, 2.24) is 20.4 Å². The first kappa shape index (κ1) is 32.2. The van der Waals surface area contributed by atoms with Gasteiger partial charge in [-0.15, -0.1) is 11.3 Å². The minimum atomic E-state index is -0.756. The monoisotopic (exact) mass is 556 g/mol. The number of rotatable bonds is 6. The summed E-state index contributed by atoms with van der Waals surface area (Å²) < 4.78 is 5.44. The number of hydrogen-bond donors (Lipinski definition) is 2. The highest BCUT2D eigenvalue weighted by molar-refractivity contribution is 7.13. The van der Waals surface area contributed by atoms with Gasteiger partial charge in [-0.05, 0) is 30.4 Å². The second-order valence-electron chi connectivity index (χ2n) is 10.2. The summed E-state index contributed by atoms with van der Waals surface area (Å²) >= 11 is 1.60. The fraction of sp³-hybridized carbons (Fsp3) is 0.533. The standard InChI is InChI=1S/C26H32N4O4S.2C2H6/c1-15-10-21(34-29-15)22(26(3,4)5)25(33)30-13-19(31)11-20(30)24(32)27-12-17-6-8-18(9-7-17)23-16(2)28-14-35-23;2*1-2/h6-10,14,19-20,22,31H,11-13H2,1-5H3,(H,27,32);2*1-2H3. The molecule has 1 aliphatic rings. The Balaban J connectivity index is 0.00000127. The molecule has 0 aliphatic carbocycles. The highest BCUT2D eigenvalue weighted by atomic mass is 32.1. The second kappa shape index (κ2) is 14.4. The molecule has 2 amide bonds. The molecule has 2 aromatic heterocycles. The molecule has 2 N–H and O–H groups in total. The number of hydrogen-bond acceptors (Lipinski definition) is 7. The number of benzene rings is 1. The minimum Gasteiger partial charge on any atom is -0.391 e. The zero-order valence-corrected chi connectivity index (χ0v) is 25.6. The summed E-state index contributed by atoms with van der Waals surface area (Å²) in [6.45, 7) is 18.1. The van der Waals surface area contributed by atoms with Crippen LogP contribution in [-0.4, -0.2) is 50.7 Å². The Morgan fingerprint density at radius 3 is 2.31 bits per heavy atom. The minimum absolute atomic E-state index is 0.111. The number of amides is 2. The topological polar surface area (TPSA) is 109 Å². The van der Waals surface area contributed by atoms with Crippen LogP contribution in [-0.2, 0) is 16.1 Å². The number of aryl methyl sites for hydroxylation is 2. The zero-order valence-electron chi connectivity index (χ0n) is 24.7. The number of aromatic nitrogens is 2. The molecule has 1 saturated heterocycles. The first-order valence-corrected chi connectivity index (χ1v) is 14.6. The number of thiazole rings is 1. The van der Waals surface area contributed by atoms with Crippen molar-refractivity contribution >= 4 is 23.2 Å². The highest BCUT2D eigenvalue weighted by Crippen LogP contribution is 2.38. The highest BCUT2D eigenvalue weighted by Gasteiger charge is 2.45. The number of nitrogens with zero attached hydrogens (tertiary/aromatic N) is 3. The van der Waals surface area contributed by atoms with Crippen molar-refractivity contribution < 1.29 is 19.2 Å². The molecule has 1 aliphatic heterocycles. The molecule has 4 rings (SSSR count). The van der Waals surface area contributed by atoms with E-state index in [1.54, 1.807) is 24.3 Å². The maximum atomic E-state index is 13.7. The third-order valence-electron chi connectivity index (χ3n) is 6.34. The van der Waals surface area contributed by atoms with Gasteiger partial charge in [0.05, 0.1) is 27.9 Å². The van der Waals surface area contributed by atoms with Crippen LogP contribution in [0.5, 0.6) is 0 Å². The Bertz CT molecular complexity index is 1200. The molecule has 39 heavy (non-hydrogen) atoms. The second-order valence-corrected chi connectivity index (χ2v) is 11.1. The van der Waals surface area contributed by atoms with Crippen LogP contribution in [0.25, 0.3) is 10.4 Å². The van der Waals surface area contributed by atoms with Gasteiger partial charge in [0.2, 0.25) is 11.8 Å². The molecule has 3 atom stereocenters. The Morgan fingerprint density at radius 1 is 1.15 bits per heavy atom. The smallest absolute Gasteiger partial charge is 0.243 e. The van der Waals surface area contributed by atoms with E-state index in [4.69, 9.17) is 4.52 Å². The van der Waals surface area contributed by atoms with Gasteiger partial charge < -0.3 is 19.8 Å². The molecule has 3 unspecified atom stereocenters. The van der Waals surface area contributed by atoms with Gasteiger partial charge in [0.1, 0.15) is 17.7 Å². The van der Waals surface area contributed by atoms with Crippen LogP contribution in [0.1, 0.15) is 83.5 Å². The lowest BCUT2D eigenvalue weighted by atomic mass is 9.78. The number of nitrogens with one attached hydrogen (secondary N) is 1. The van der Waals surface area contributed by atoms with E-state index in [0.29, 0.717) is 18.0 Å². The number of carbonyl (C=O) groups excluding carboxylic acids is 2. The molecule has 1 fully saturated rings. The number of β-amino-alcohol motifs (C(OH)–C–C–N with tert-alkyl or cyclic N) is 1. The van der Waals surface area contributed by atoms with Crippen LogP contribution < -0.4 is 5.32 Å². The average molecular weight is 557 g/mol. The van der Waals surface area contributed by atoms with Crippen molar-refractivity contribution in [1.29, 1.82) is 0 Å². The van der Waals surface area contributed by atoms with Crippen molar-refractivity contribution in [2.75, 3.05) is 6.54 Å². The lowest BCUT2D eigenvalue weighted by Gasteiger charge is -2.33. The average Bonchev–Trinajstić information content (AvgIpc) is 3.64. The van der Waals surface area contributed by atoms with Gasteiger partial charge in [-0.2, -0.15) is 0 Å². The molecule has 0 bridgehead atoms. The van der Waals surface area contributed by atoms with Gasteiger partial charge in [-0.25, -0.2) is 4.98 Å². The molecule has 214 valence electrons. The lowest BCUT2D eigenvalue weighted by molar-refractivity contribution is -0.142. The summed E-state index contributed by atoms with van der Waals surface area (Å²) in [5.41, 5.74) is 5.09. The van der Waals surface area contributed by atoms with Crippen LogP contribution in [0.3, 0.4) is 0 Å². The van der Waals surface area contributed by atoms with Crippen molar-refractivity contribution in [3.63, 3.8) is 0 Å². The van der Waals surface area contributed by atoms with Crippen LogP contribution in [0, 0.1) is 19.3 Å². The summed E-state index contributed by atoms with van der Waals surface area (Å²) in [6, 6.07) is 9.00. The Hall–Kier alpha value is -3.04. The molecule has 8 nitrogen and oxygen atoms in total. The first-order chi connectivity index (χ1) is 18.5. The number of aliphatic hydroxyl groups excluding tert-OH is 1. The Labute approximate surface area is 236 Å². The van der Waals surface area contributed by atoms with E-state index in [0.717, 1.165) is 21.7 Å². The zero-order chi connectivity index (χ0) is 29.3. The van der Waals surface area contributed by atoms with Crippen LogP contribution in [0.2, 0.25) is 0 Å². The van der Waals surface area contributed by atoms with E-state index in [1.165, 1.54) is 4.90 Å². The van der Waals surface area contributed by atoms with E-state index < -0.39 is 23.5 Å². The normalized spacial score (nSPS) is 17.4. The largest absolute Gasteiger partial charge is 0.391 e. The molecule has 0 spiro atoms. The summed E-state index contributed by atoms with van der Waals surface area (Å²) in [6.07, 6.45) is -0.554. The summed E-state index contributed by atoms with van der Waals surface area (Å²) in [7, 11) is 0. The van der Waals surface area contributed by atoms with Gasteiger partial charge in [0, 0.05) is 25.6 Å². The predicted molar refractivity (Wildman–Crippen MR) is 156 cm³/mol. The quantitative estimate of drug-likeness (QED) is 0.393. The van der Waals surface area contributed by atoms with E-state index in [9.17, 15) is 14.7 Å². The van der Waals surface area contributed by atoms with Gasteiger partial charge in [-0.3, -0.25) is 9.59 Å². The molecular weight excluding hydrogens is 512 g/mol. The number of aliphatic hydroxyl groups is 1. The Kier molecular flexibility index (Phi) is 11.9. The van der Waals surface area contributed by atoms with Crippen LogP contribution in [0.15, 0.2) is 40.4 Å². The van der Waals surface area contributed by atoms with Gasteiger partial charge in [-0.1, -0.05) is 77.9 Å². The van der Waals surface area contributed by atoms with Crippen molar-refractivity contribution in [3.8, 4) is 10.4 Å². The summed E-state index contributed by atoms with van der Waals surface area (Å²) in [4.78, 5) is 33.7. The third-order valence-corrected chi connectivity index (χ3v) is 7.31. The van der Waals surface area contributed by atoms with Crippen LogP contribution >= 0.6 is 11.3 Å². The molecule has 0 radical (unpaired) electrons. The van der Waals surface area contributed by atoms with Crippen LogP contribution in [0.4, 0.5) is 0 Å². The molecular formula is C30H44N4O4S. The maximum Gasteiger partial charge on any atom is 0.243 e. The van der Waals surface area contributed by atoms with E-state index in [1.807, 2.05) is 85.2 Å². The van der Waals surface area contributed by atoms with Crippen molar-refractivity contribution in [2.45, 2.75) is 93.3 Å². The molecule has 3 heterocycles. The Morgan fingerprint density at radius 2 is 1.79 bits per heavy atom. The lowest BCUT2D eigenvalue weighted by Crippen LogP contribution is -2.49. The first-order valence-electron chi connectivity index (χ1n) is 13.7. The van der Waals surface area contributed by atoms with Gasteiger partial charge in [0.25, 0.3) is 0 Å². The SMILES string of the molecule is CC.CC.Cc1cc(C(C(=O)N2CC(O)CC2C(=O)NCc2ccc(-c3scnc3C)cc2)C(C)(C)C)on1. The molecule has 1 aromatic carbocycles. The fourth-order valence-electron chi connectivity index (χ4n) is 4.57. The molecule has 9 heteroatoms. The van der Waals surface area contributed by atoms with E-state index >= 15 is 0 Å². The number of likely N-dealkylation sites (tertiary alicyclic amines) is 1. The maximum absolute atomic E-state index is 13.7. The van der Waals surface area contributed by atoms with Gasteiger partial charge >= 0.3 is 0 Å². The predicted octanol–water partition coefficient (Wildman–Crippen LogP) is 5.88. The van der Waals surface area contributed by atoms with E-state index in [-0.39, 0.29) is 24.8 Å². The van der Waals surface area contributed by atoms with Gasteiger partial charge in [0.15, 0.2) is 0 Å². The molecule has 0 saturated carbocycles. The van der Waals surface area contributed by atoms with Crippen molar-refractivity contribution in [3.05, 3.63) is 58.6 Å². The molecule has 3 aromatic rings. The van der Waals surface area contributed by atoms with E-state index in [2.05, 4.69) is 15.5 Å². The van der Waals surface area contributed by atoms with Crippen molar-refractivity contribution in [2.24, 2.45) is 5.41 Å². The third kappa shape index (κ3) is 7.99. The number of carbonyl (C=O) groups is 2. The summed E-state index contributed by atoms with van der Waals surface area (Å²) in [5, 5.41) is 17.2. The summed E-state index contributed by atoms with van der Waals surface area (Å²) in [5.74, 6) is -0.669.